The summed E-state index contributed by atoms with van der Waals surface area (Å²) in [6.45, 7) is 2.09. The number of hydrogen-bond donors (Lipinski definition) is 1. The fraction of sp³-hybridized carbons (Fsp3) is 0.211. The van der Waals surface area contributed by atoms with Crippen molar-refractivity contribution in [3.63, 3.8) is 0 Å². The Bertz CT molecular complexity index is 1040. The summed E-state index contributed by atoms with van der Waals surface area (Å²) in [4.78, 5) is 36.0. The molecule has 0 aliphatic heterocycles. The second-order valence-corrected chi connectivity index (χ2v) is 5.77. The Morgan fingerprint density at radius 1 is 1.11 bits per heavy atom. The molecule has 0 saturated carbocycles. The highest BCUT2D eigenvalue weighted by molar-refractivity contribution is 6.02. The Morgan fingerprint density at radius 2 is 1.89 bits per heavy atom. The van der Waals surface area contributed by atoms with E-state index in [2.05, 4.69) is 20.4 Å². The maximum absolute atomic E-state index is 12.2. The fourth-order valence-corrected chi connectivity index (χ4v) is 2.61. The molecule has 3 rings (SSSR count). The molecule has 0 unspecified atom stereocenters. The number of aromatic nitrogens is 3. The number of methoxy groups -OCH3 is 1. The number of ether oxygens (including phenoxy) is 2. The molecular weight excluding hydrogens is 364 g/mol. The van der Waals surface area contributed by atoms with Crippen LogP contribution < -0.4 is 5.32 Å². The summed E-state index contributed by atoms with van der Waals surface area (Å²) in [6, 6.07) is 11.2. The summed E-state index contributed by atoms with van der Waals surface area (Å²) in [6.07, 6.45) is 0. The third-order valence-corrected chi connectivity index (χ3v) is 3.99. The van der Waals surface area contributed by atoms with E-state index in [1.807, 2.05) is 6.92 Å². The number of nitrogens with one attached hydrogen (secondary N) is 1. The summed E-state index contributed by atoms with van der Waals surface area (Å²) in [5, 5.41) is 10.5. The minimum atomic E-state index is -0.663. The number of hydrogen-bond acceptors (Lipinski definition) is 7. The maximum Gasteiger partial charge on any atom is 0.339 e. The second-order valence-electron chi connectivity index (χ2n) is 5.77. The van der Waals surface area contributed by atoms with Gasteiger partial charge in [0.25, 0.3) is 5.91 Å². The van der Waals surface area contributed by atoms with Gasteiger partial charge in [0.15, 0.2) is 6.61 Å². The molecule has 0 spiro atoms. The van der Waals surface area contributed by atoms with Crippen LogP contribution in [0.1, 0.15) is 27.6 Å². The highest BCUT2D eigenvalue weighted by atomic mass is 16.5. The molecule has 9 nitrogen and oxygen atoms in total. The molecule has 1 amide bonds. The molecule has 1 heterocycles. The maximum atomic E-state index is 12.2. The van der Waals surface area contributed by atoms with Crippen molar-refractivity contribution in [3.05, 3.63) is 53.6 Å². The first-order valence-electron chi connectivity index (χ1n) is 8.51. The molecule has 1 N–H and O–H groups in total. The lowest BCUT2D eigenvalue weighted by Gasteiger charge is -2.10. The number of amides is 1. The van der Waals surface area contributed by atoms with E-state index in [0.717, 1.165) is 5.52 Å². The average molecular weight is 382 g/mol. The number of nitrogens with zero attached hydrogens (tertiary/aromatic N) is 3. The zero-order valence-corrected chi connectivity index (χ0v) is 15.3. The van der Waals surface area contributed by atoms with Gasteiger partial charge < -0.3 is 14.8 Å². The Kier molecular flexibility index (Phi) is 5.64. The molecule has 0 aliphatic rings. The van der Waals surface area contributed by atoms with Gasteiger partial charge in [0, 0.05) is 6.54 Å². The van der Waals surface area contributed by atoms with E-state index in [1.165, 1.54) is 13.2 Å². The van der Waals surface area contributed by atoms with Gasteiger partial charge in [0.05, 0.1) is 29.4 Å². The van der Waals surface area contributed by atoms with Crippen molar-refractivity contribution in [1.82, 2.24) is 15.0 Å². The molecule has 144 valence electrons. The van der Waals surface area contributed by atoms with Crippen LogP contribution >= 0.6 is 0 Å². The average Bonchev–Trinajstić information content (AvgIpc) is 3.14. The zero-order chi connectivity index (χ0) is 20.1. The number of rotatable bonds is 6. The van der Waals surface area contributed by atoms with Gasteiger partial charge in [-0.3, -0.25) is 4.79 Å². The summed E-state index contributed by atoms with van der Waals surface area (Å²) < 4.78 is 11.4. The number of fused-ring (bicyclic) bond motifs is 1. The van der Waals surface area contributed by atoms with Crippen LogP contribution in [0.15, 0.2) is 42.5 Å². The summed E-state index contributed by atoms with van der Waals surface area (Å²) in [5.74, 6) is -1.83. The van der Waals surface area contributed by atoms with Gasteiger partial charge in [-0.1, -0.05) is 17.3 Å². The van der Waals surface area contributed by atoms with Gasteiger partial charge in [0.2, 0.25) is 0 Å². The molecular formula is C19H18N4O5. The Labute approximate surface area is 160 Å². The van der Waals surface area contributed by atoms with E-state index in [1.54, 1.807) is 41.1 Å². The van der Waals surface area contributed by atoms with E-state index < -0.39 is 24.5 Å². The minimum absolute atomic E-state index is 0.203. The van der Waals surface area contributed by atoms with Crippen LogP contribution in [0.25, 0.3) is 11.0 Å². The van der Waals surface area contributed by atoms with Crippen molar-refractivity contribution >= 4 is 34.6 Å². The summed E-state index contributed by atoms with van der Waals surface area (Å²) in [5.41, 5.74) is 2.10. The molecule has 0 aliphatic carbocycles. The lowest BCUT2D eigenvalue weighted by molar-refractivity contribution is -0.119. The Balaban J connectivity index is 1.63. The Morgan fingerprint density at radius 3 is 2.64 bits per heavy atom. The molecule has 0 saturated heterocycles. The number of aryl methyl sites for hydroxylation is 1. The molecule has 0 radical (unpaired) electrons. The lowest BCUT2D eigenvalue weighted by atomic mass is 10.2. The number of para-hydroxylation sites is 1. The lowest BCUT2D eigenvalue weighted by Crippen LogP contribution is -2.22. The van der Waals surface area contributed by atoms with Crippen molar-refractivity contribution in [2.75, 3.05) is 19.0 Å². The third-order valence-electron chi connectivity index (χ3n) is 3.99. The molecule has 0 fully saturated rings. The molecule has 0 atom stereocenters. The molecule has 9 heteroatoms. The first kappa shape index (κ1) is 19.0. The van der Waals surface area contributed by atoms with Gasteiger partial charge in [0.1, 0.15) is 5.52 Å². The number of carbonyl (C=O) groups is 3. The zero-order valence-electron chi connectivity index (χ0n) is 15.3. The molecule has 1 aromatic heterocycles. The van der Waals surface area contributed by atoms with E-state index in [4.69, 9.17) is 4.74 Å². The highest BCUT2D eigenvalue weighted by Crippen LogP contribution is 2.17. The minimum Gasteiger partial charge on any atom is -0.465 e. The first-order chi connectivity index (χ1) is 13.5. The predicted molar refractivity (Wildman–Crippen MR) is 99.9 cm³/mol. The SMILES string of the molecule is CCn1nnc2cc(C(=O)OCC(=O)Nc3ccccc3C(=O)OC)ccc21. The fourth-order valence-electron chi connectivity index (χ4n) is 2.61. The van der Waals surface area contributed by atoms with Crippen molar-refractivity contribution in [2.45, 2.75) is 13.5 Å². The van der Waals surface area contributed by atoms with Crippen LogP contribution in [0.2, 0.25) is 0 Å². The third kappa shape index (κ3) is 3.98. The van der Waals surface area contributed by atoms with Crippen molar-refractivity contribution in [2.24, 2.45) is 0 Å². The van der Waals surface area contributed by atoms with Gasteiger partial charge >= 0.3 is 11.9 Å². The number of esters is 2. The standard InChI is InChI=1S/C19H18N4O5/c1-3-23-16-9-8-12(10-15(16)21-22-23)18(25)28-11-17(24)20-14-7-5-4-6-13(14)19(26)27-2/h4-10H,3,11H2,1-2H3,(H,20,24). The summed E-state index contributed by atoms with van der Waals surface area (Å²) >= 11 is 0. The first-order valence-corrected chi connectivity index (χ1v) is 8.51. The van der Waals surface area contributed by atoms with Gasteiger partial charge in [-0.05, 0) is 37.3 Å². The normalized spacial score (nSPS) is 10.5. The molecule has 28 heavy (non-hydrogen) atoms. The van der Waals surface area contributed by atoms with Crippen LogP contribution in [0.3, 0.4) is 0 Å². The molecule has 2 aromatic carbocycles. The molecule has 0 bridgehead atoms. The van der Waals surface area contributed by atoms with Gasteiger partial charge in [-0.15, -0.1) is 5.10 Å². The van der Waals surface area contributed by atoms with Gasteiger partial charge in [-0.25, -0.2) is 14.3 Å². The predicted octanol–water partition coefficient (Wildman–Crippen LogP) is 2.03. The van der Waals surface area contributed by atoms with Crippen LogP contribution in [0.5, 0.6) is 0 Å². The second kappa shape index (κ2) is 8.30. The van der Waals surface area contributed by atoms with Crippen molar-refractivity contribution in [3.8, 4) is 0 Å². The van der Waals surface area contributed by atoms with E-state index in [-0.39, 0.29) is 16.8 Å². The summed E-state index contributed by atoms with van der Waals surface area (Å²) in [7, 11) is 1.25. The largest absolute Gasteiger partial charge is 0.465 e. The van der Waals surface area contributed by atoms with Crippen LogP contribution in [0.4, 0.5) is 5.69 Å². The monoisotopic (exact) mass is 382 g/mol. The van der Waals surface area contributed by atoms with Gasteiger partial charge in [-0.2, -0.15) is 0 Å². The van der Waals surface area contributed by atoms with E-state index >= 15 is 0 Å². The van der Waals surface area contributed by atoms with Crippen molar-refractivity contribution < 1.29 is 23.9 Å². The van der Waals surface area contributed by atoms with Crippen LogP contribution in [-0.4, -0.2) is 46.6 Å². The highest BCUT2D eigenvalue weighted by Gasteiger charge is 2.16. The van der Waals surface area contributed by atoms with Crippen LogP contribution in [0, 0.1) is 0 Å². The smallest absolute Gasteiger partial charge is 0.339 e. The Hall–Kier alpha value is -3.75. The number of carbonyl (C=O) groups excluding carboxylic acids is 3. The number of benzene rings is 2. The quantitative estimate of drug-likeness (QED) is 0.649. The number of anilines is 1. The van der Waals surface area contributed by atoms with E-state index in [9.17, 15) is 14.4 Å². The van der Waals surface area contributed by atoms with Crippen LogP contribution in [-0.2, 0) is 20.8 Å². The van der Waals surface area contributed by atoms with E-state index in [0.29, 0.717) is 12.1 Å². The topological polar surface area (TPSA) is 112 Å². The van der Waals surface area contributed by atoms with Crippen molar-refractivity contribution in [1.29, 1.82) is 0 Å². The molecule has 3 aromatic rings.